The maximum atomic E-state index is 14.1. The molecule has 0 spiro atoms. The fourth-order valence-corrected chi connectivity index (χ4v) is 10.5. The molecule has 6 aliphatic carbocycles. The second-order valence-electron chi connectivity index (χ2n) is 16.9. The van der Waals surface area contributed by atoms with Crippen LogP contribution in [0.4, 0.5) is 0 Å². The van der Waals surface area contributed by atoms with E-state index in [2.05, 4.69) is 23.7 Å². The van der Waals surface area contributed by atoms with Gasteiger partial charge in [0, 0.05) is 53.4 Å². The van der Waals surface area contributed by atoms with E-state index in [0.29, 0.717) is 22.3 Å². The quantitative estimate of drug-likeness (QED) is 0.116. The van der Waals surface area contributed by atoms with Crippen molar-refractivity contribution in [3.8, 4) is 35.2 Å². The third-order valence-electron chi connectivity index (χ3n) is 13.4. The normalized spacial score (nSPS) is 28.5. The molecule has 12 N–H and O–H groups in total. The van der Waals surface area contributed by atoms with Crippen molar-refractivity contribution in [3.63, 3.8) is 0 Å². The minimum absolute atomic E-state index is 0.0360. The van der Waals surface area contributed by atoms with Crippen molar-refractivity contribution < 1.29 is 69.6 Å². The van der Waals surface area contributed by atoms with E-state index in [9.17, 15) is 69.6 Å². The maximum absolute atomic E-state index is 14.1. The van der Waals surface area contributed by atoms with Gasteiger partial charge in [0.25, 0.3) is 11.8 Å². The van der Waals surface area contributed by atoms with Crippen LogP contribution in [0.2, 0.25) is 0 Å². The fraction of sp³-hybridized carbons (Fsp3) is 0.348. The van der Waals surface area contributed by atoms with Gasteiger partial charge in [-0.05, 0) is 87.0 Å². The highest BCUT2D eigenvalue weighted by Gasteiger charge is 2.64. The number of likely N-dealkylation sites (N-methyl/N-ethyl adjacent to an activating group) is 1. The van der Waals surface area contributed by atoms with Gasteiger partial charge in [-0.2, -0.15) is 0 Å². The number of aliphatic hydroxyl groups is 6. The number of aliphatic hydroxyl groups excluding tert-OH is 4. The molecule has 2 fully saturated rings. The molecule has 63 heavy (non-hydrogen) atoms. The highest BCUT2D eigenvalue weighted by Crippen LogP contribution is 2.54. The van der Waals surface area contributed by atoms with Crippen LogP contribution in [0.5, 0.6) is 11.5 Å². The van der Waals surface area contributed by atoms with E-state index < -0.39 is 116 Å². The number of hydrogen-bond acceptors (Lipinski definition) is 15. The Bertz CT molecular complexity index is 2820. The van der Waals surface area contributed by atoms with Crippen LogP contribution in [-0.4, -0.2) is 112 Å². The van der Waals surface area contributed by atoms with Gasteiger partial charge in [-0.3, -0.25) is 33.7 Å². The number of amides is 2. The molecule has 0 unspecified atom stereocenters. The summed E-state index contributed by atoms with van der Waals surface area (Å²) in [5.41, 5.74) is 4.31. The summed E-state index contributed by atoms with van der Waals surface area (Å²) in [4.78, 5) is 79.6. The van der Waals surface area contributed by atoms with Gasteiger partial charge in [0.1, 0.15) is 45.7 Å². The molecule has 8 rings (SSSR count). The van der Waals surface area contributed by atoms with Crippen molar-refractivity contribution in [1.29, 1.82) is 0 Å². The van der Waals surface area contributed by atoms with Crippen LogP contribution in [0.15, 0.2) is 58.1 Å². The first-order chi connectivity index (χ1) is 29.7. The number of rotatable bonds is 4. The molecule has 324 valence electrons. The predicted molar refractivity (Wildman–Crippen MR) is 219 cm³/mol. The van der Waals surface area contributed by atoms with Crippen LogP contribution < -0.4 is 11.5 Å². The van der Waals surface area contributed by atoms with Gasteiger partial charge in [0.05, 0.1) is 17.2 Å². The van der Waals surface area contributed by atoms with Gasteiger partial charge in [-0.1, -0.05) is 23.7 Å². The Hall–Kier alpha value is -7.18. The molecule has 0 heterocycles. The van der Waals surface area contributed by atoms with Crippen molar-refractivity contribution in [2.24, 2.45) is 35.1 Å². The van der Waals surface area contributed by atoms with E-state index in [1.807, 2.05) is 0 Å². The molecule has 2 amide bonds. The molecule has 2 saturated carbocycles. The summed E-state index contributed by atoms with van der Waals surface area (Å²) in [5, 5.41) is 89.8. The number of nitrogens with zero attached hydrogens (tertiary/aromatic N) is 1. The van der Waals surface area contributed by atoms with E-state index in [0.717, 1.165) is 0 Å². The number of Topliss-reactive ketones (excluding diaryl/α,β-unsaturated/α-hetero) is 4. The average molecular weight is 860 g/mol. The largest absolute Gasteiger partial charge is 0.508 e. The number of aromatic hydroxyl groups is 2. The Kier molecular flexibility index (Phi) is 9.94. The summed E-state index contributed by atoms with van der Waals surface area (Å²) in [6.45, 7) is 0. The van der Waals surface area contributed by atoms with Gasteiger partial charge < -0.3 is 52.3 Å². The first-order valence-electron chi connectivity index (χ1n) is 20.0. The van der Waals surface area contributed by atoms with Crippen molar-refractivity contribution in [2.75, 3.05) is 14.1 Å². The van der Waals surface area contributed by atoms with E-state index in [4.69, 9.17) is 11.5 Å². The molecule has 0 radical (unpaired) electrons. The number of phenols is 2. The average Bonchev–Trinajstić information content (AvgIpc) is 3.20. The maximum Gasteiger partial charge on any atom is 0.255 e. The second-order valence-corrected chi connectivity index (χ2v) is 16.9. The zero-order chi connectivity index (χ0) is 45.8. The number of ketones is 4. The molecule has 17 heteroatoms. The number of fused-ring (bicyclic) bond motifs is 6. The van der Waals surface area contributed by atoms with Crippen LogP contribution in [0.25, 0.3) is 11.5 Å². The highest BCUT2D eigenvalue weighted by molar-refractivity contribution is 6.25. The first-order valence-corrected chi connectivity index (χ1v) is 20.0. The number of primary amides is 2. The monoisotopic (exact) mass is 859 g/mol. The topological polar surface area (TPSA) is 320 Å². The van der Waals surface area contributed by atoms with E-state index >= 15 is 0 Å². The van der Waals surface area contributed by atoms with Crippen molar-refractivity contribution in [1.82, 2.24) is 4.90 Å². The van der Waals surface area contributed by atoms with E-state index in [-0.39, 0.29) is 72.3 Å². The van der Waals surface area contributed by atoms with Gasteiger partial charge in [-0.15, -0.1) is 0 Å². The lowest BCUT2D eigenvalue weighted by molar-refractivity contribution is -0.154. The minimum Gasteiger partial charge on any atom is -0.508 e. The number of phenolic OH excluding ortho intramolecular Hbond substituents is 2. The SMILES string of the molecule is CN(C)[C@@H]1C(=O)C(C(N)=O)=C(O)[C@@]2(O)C(=O)C3=C(O)c4c(O)ccc(C#CCCC#Cc5ccc(O)c6c5C[C@H]5C[C@H]7CC(=O)C(C(N)=O)=C(O)[C@@]7(O)C(=O)C5=C6O)c4C[C@H]3C[C@@H]12. The third-order valence-corrected chi connectivity index (χ3v) is 13.4. The number of unbranched alkanes of at least 4 members (excludes halogenated alkanes) is 1. The van der Waals surface area contributed by atoms with E-state index in [1.54, 1.807) is 0 Å². The molecular weight excluding hydrogens is 819 g/mol. The van der Waals surface area contributed by atoms with Crippen LogP contribution in [-0.2, 0) is 41.6 Å². The zero-order valence-corrected chi connectivity index (χ0v) is 33.8. The Balaban J connectivity index is 1.06. The number of carbonyl (C=O) groups is 6. The second kappa shape index (κ2) is 14.7. The third kappa shape index (κ3) is 5.99. The lowest BCUT2D eigenvalue weighted by Crippen LogP contribution is -2.65. The molecule has 6 aliphatic rings. The summed E-state index contributed by atoms with van der Waals surface area (Å²) < 4.78 is 0. The van der Waals surface area contributed by atoms with Crippen LogP contribution in [0, 0.1) is 47.4 Å². The molecule has 0 bridgehead atoms. The molecule has 0 aromatic heterocycles. The molecule has 7 atom stereocenters. The Morgan fingerprint density at radius 3 is 1.62 bits per heavy atom. The number of benzene rings is 2. The van der Waals surface area contributed by atoms with Gasteiger partial charge in [0.2, 0.25) is 11.6 Å². The van der Waals surface area contributed by atoms with Crippen LogP contribution in [0.3, 0.4) is 0 Å². The van der Waals surface area contributed by atoms with Crippen molar-refractivity contribution in [3.05, 3.63) is 91.5 Å². The lowest BCUT2D eigenvalue weighted by Gasteiger charge is -2.50. The van der Waals surface area contributed by atoms with Crippen LogP contribution >= 0.6 is 0 Å². The summed E-state index contributed by atoms with van der Waals surface area (Å²) in [5.74, 6) is -2.73. The smallest absolute Gasteiger partial charge is 0.255 e. The van der Waals surface area contributed by atoms with Crippen molar-refractivity contribution in [2.45, 2.75) is 62.2 Å². The Labute approximate surface area is 358 Å². The van der Waals surface area contributed by atoms with Crippen molar-refractivity contribution >= 4 is 46.5 Å². The molecular formula is C46H41N3O14. The lowest BCUT2D eigenvalue weighted by atomic mass is 9.57. The molecule has 2 aromatic rings. The Morgan fingerprint density at radius 1 is 0.683 bits per heavy atom. The summed E-state index contributed by atoms with van der Waals surface area (Å²) in [6, 6.07) is 4.41. The zero-order valence-electron chi connectivity index (χ0n) is 33.8. The van der Waals surface area contributed by atoms with Gasteiger partial charge in [-0.25, -0.2) is 0 Å². The highest BCUT2D eigenvalue weighted by atomic mass is 16.4. The molecule has 0 saturated heterocycles. The molecule has 2 aromatic carbocycles. The van der Waals surface area contributed by atoms with Gasteiger partial charge >= 0.3 is 0 Å². The summed E-state index contributed by atoms with van der Waals surface area (Å²) in [7, 11) is 3.02. The molecule has 17 nitrogen and oxygen atoms in total. The first kappa shape index (κ1) is 42.5. The van der Waals surface area contributed by atoms with E-state index in [1.165, 1.54) is 43.3 Å². The number of carbonyl (C=O) groups excluding carboxylic acids is 6. The number of nitrogens with two attached hydrogens (primary N) is 2. The Morgan fingerprint density at radius 2 is 1.14 bits per heavy atom. The van der Waals surface area contributed by atoms with Crippen LogP contribution in [0.1, 0.15) is 65.5 Å². The number of hydrogen-bond donors (Lipinski definition) is 10. The molecule has 0 aliphatic heterocycles. The predicted octanol–water partition coefficient (Wildman–Crippen LogP) is 0.885. The standard InChI is InChI=1S/C46H41N3O14/c1-49(2)35-25-16-21-15-24-19(10-12-27(51)32(24)37(54)30(21)40(57)46(25,63)42(59)34(38(35)55)44(48)61)8-6-4-3-5-7-18-9-11-26(50)31-23(18)14-20-13-22-17-28(52)33(43(47)60)41(58)45(22,62)39(56)29(20)36(31)53/h9-12,20-22,25,35,50-51,53-54,58-59,62-63H,3-4,13-17H2,1-2H3,(H2,47,60)(H2,48,61)/t20-,21+,22+,25+,35+,45+,46+/m1/s1. The fourth-order valence-electron chi connectivity index (χ4n) is 10.5. The summed E-state index contributed by atoms with van der Waals surface area (Å²) >= 11 is 0. The minimum atomic E-state index is -2.77. The summed E-state index contributed by atoms with van der Waals surface area (Å²) in [6.07, 6.45) is 0.00113. The van der Waals surface area contributed by atoms with Gasteiger partial charge in [0.15, 0.2) is 22.8 Å².